The Balaban J connectivity index is 1.64. The summed E-state index contributed by atoms with van der Waals surface area (Å²) in [5, 5.41) is 4.69. The van der Waals surface area contributed by atoms with Crippen molar-refractivity contribution in [2.24, 2.45) is 5.73 Å². The first-order valence-corrected chi connectivity index (χ1v) is 18.5. The SMILES string of the molecule is COCCCn1nc(NS(C)(=O)=O)c2c(Cl)ccc(-n3c([C@@H](N)Cc4cc(F)cc(F)c4)nc4nc(C5(F)CCC(F)(F)CC5)cc(C)c4c3=O)c21. The van der Waals surface area contributed by atoms with Crippen LogP contribution >= 0.6 is 11.6 Å². The molecule has 2 aromatic carbocycles. The third-order valence-corrected chi connectivity index (χ3v) is 9.95. The zero-order valence-electron chi connectivity index (χ0n) is 28.3. The Labute approximate surface area is 300 Å². The number of nitrogens with one attached hydrogen (secondary N) is 1. The summed E-state index contributed by atoms with van der Waals surface area (Å²) in [6, 6.07) is 5.88. The quantitative estimate of drug-likeness (QED) is 0.116. The molecule has 0 aliphatic heterocycles. The molecule has 0 saturated heterocycles. The normalized spacial score (nSPS) is 16.4. The van der Waals surface area contributed by atoms with E-state index in [0.29, 0.717) is 19.1 Å². The fourth-order valence-corrected chi connectivity index (χ4v) is 7.38. The number of nitrogens with zero attached hydrogens (tertiary/aromatic N) is 5. The minimum absolute atomic E-state index is 0.0377. The molecule has 0 bridgehead atoms. The lowest BCUT2D eigenvalue weighted by atomic mass is 9.81. The number of aryl methyl sites for hydroxylation is 2. The maximum Gasteiger partial charge on any atom is 0.268 e. The molecule has 5 aromatic rings. The van der Waals surface area contributed by atoms with Crippen LogP contribution < -0.4 is 16.0 Å². The van der Waals surface area contributed by atoms with Crippen LogP contribution in [-0.4, -0.2) is 58.6 Å². The van der Waals surface area contributed by atoms with Gasteiger partial charge in [-0.2, -0.15) is 5.10 Å². The summed E-state index contributed by atoms with van der Waals surface area (Å²) in [5.41, 5.74) is 4.13. The zero-order valence-corrected chi connectivity index (χ0v) is 29.9. The molecule has 3 N–H and O–H groups in total. The zero-order chi connectivity index (χ0) is 37.7. The molecular weight excluding hydrogens is 733 g/mol. The van der Waals surface area contributed by atoms with E-state index in [1.807, 2.05) is 0 Å². The van der Waals surface area contributed by atoms with Crippen molar-refractivity contribution in [2.45, 2.75) is 69.6 Å². The van der Waals surface area contributed by atoms with Crippen LogP contribution in [0.3, 0.4) is 0 Å². The van der Waals surface area contributed by atoms with E-state index in [1.165, 1.54) is 41.5 Å². The van der Waals surface area contributed by atoms with E-state index in [4.69, 9.17) is 22.1 Å². The average Bonchev–Trinajstić information content (AvgIpc) is 3.39. The first-order valence-electron chi connectivity index (χ1n) is 16.3. The number of nitrogens with two attached hydrogens (primary N) is 1. The van der Waals surface area contributed by atoms with Crippen molar-refractivity contribution in [3.8, 4) is 5.69 Å². The number of pyridine rings is 1. The van der Waals surface area contributed by atoms with E-state index in [1.54, 1.807) is 0 Å². The molecule has 1 saturated carbocycles. The number of aromatic nitrogens is 5. The molecule has 1 aliphatic carbocycles. The van der Waals surface area contributed by atoms with Gasteiger partial charge in [-0.1, -0.05) is 11.6 Å². The van der Waals surface area contributed by atoms with Gasteiger partial charge in [0.1, 0.15) is 17.5 Å². The number of benzene rings is 2. The summed E-state index contributed by atoms with van der Waals surface area (Å²) in [6.45, 7) is 2.03. The molecule has 1 fully saturated rings. The number of ether oxygens (including phenoxy) is 1. The number of rotatable bonds is 11. The molecular formula is C34H35ClF5N7O4S. The summed E-state index contributed by atoms with van der Waals surface area (Å²) in [4.78, 5) is 23.8. The maximum absolute atomic E-state index is 16.2. The van der Waals surface area contributed by atoms with Gasteiger partial charge in [0.15, 0.2) is 17.1 Å². The van der Waals surface area contributed by atoms with E-state index in [-0.39, 0.29) is 74.1 Å². The Bertz CT molecular complexity index is 2340. The molecule has 3 heterocycles. The average molecular weight is 768 g/mol. The van der Waals surface area contributed by atoms with E-state index in [9.17, 15) is 30.8 Å². The van der Waals surface area contributed by atoms with E-state index in [0.717, 1.165) is 18.4 Å². The van der Waals surface area contributed by atoms with Gasteiger partial charge >= 0.3 is 0 Å². The lowest BCUT2D eigenvalue weighted by Crippen LogP contribution is -2.34. The van der Waals surface area contributed by atoms with Gasteiger partial charge in [-0.05, 0) is 74.1 Å². The third kappa shape index (κ3) is 7.49. The van der Waals surface area contributed by atoms with Gasteiger partial charge in [-0.3, -0.25) is 18.8 Å². The van der Waals surface area contributed by atoms with Gasteiger partial charge in [0, 0.05) is 39.2 Å². The van der Waals surface area contributed by atoms with Crippen LogP contribution in [0.25, 0.3) is 27.6 Å². The standard InChI is InChI=1S/C34H35ClF5N7O4S/c1-18-13-25(33(38)7-9-34(39,40)10-8-33)42-29-26(18)32(48)47(31(43-29)23(41)16-19-14-20(36)17-21(37)15-19)24-6-5-22(35)27-28(24)46(11-4-12-51-2)44-30(27)45-52(3,49)50/h5-6,13-15,17,23H,4,7-12,16,41H2,1-3H3,(H,44,45)/t23-/m0/s1. The van der Waals surface area contributed by atoms with Crippen molar-refractivity contribution < 1.29 is 35.1 Å². The number of methoxy groups -OCH3 is 1. The second kappa shape index (κ2) is 14.0. The molecule has 3 aromatic heterocycles. The van der Waals surface area contributed by atoms with Gasteiger partial charge < -0.3 is 10.5 Å². The molecule has 6 rings (SSSR count). The second-order valence-electron chi connectivity index (χ2n) is 13.1. The van der Waals surface area contributed by atoms with Gasteiger partial charge in [0.05, 0.1) is 45.0 Å². The number of anilines is 1. The maximum atomic E-state index is 16.2. The summed E-state index contributed by atoms with van der Waals surface area (Å²) >= 11 is 6.64. The molecule has 0 radical (unpaired) electrons. The minimum Gasteiger partial charge on any atom is -0.385 e. The minimum atomic E-state index is -3.86. The van der Waals surface area contributed by atoms with Crippen molar-refractivity contribution in [1.82, 2.24) is 24.3 Å². The molecule has 52 heavy (non-hydrogen) atoms. The first kappa shape index (κ1) is 37.6. The Morgan fingerprint density at radius 3 is 2.35 bits per heavy atom. The first-order chi connectivity index (χ1) is 24.4. The van der Waals surface area contributed by atoms with Gasteiger partial charge in [-0.25, -0.2) is 40.3 Å². The lowest BCUT2D eigenvalue weighted by molar-refractivity contribution is -0.0784. The summed E-state index contributed by atoms with van der Waals surface area (Å²) < 4.78 is 108. The fourth-order valence-electron chi connectivity index (χ4n) is 6.64. The number of hydrogen-bond acceptors (Lipinski definition) is 8. The Morgan fingerprint density at radius 1 is 1.04 bits per heavy atom. The third-order valence-electron chi connectivity index (χ3n) is 9.07. The van der Waals surface area contributed by atoms with Crippen LogP contribution in [-0.2, 0) is 33.4 Å². The number of hydrogen-bond donors (Lipinski definition) is 2. The van der Waals surface area contributed by atoms with Crippen LogP contribution in [0, 0.1) is 18.6 Å². The molecule has 1 atom stereocenters. The fraction of sp³-hybridized carbons (Fsp3) is 0.412. The van der Waals surface area contributed by atoms with Crippen LogP contribution in [0.1, 0.15) is 60.8 Å². The van der Waals surface area contributed by atoms with E-state index < -0.39 is 70.5 Å². The van der Waals surface area contributed by atoms with Gasteiger partial charge in [0.25, 0.3) is 5.56 Å². The van der Waals surface area contributed by atoms with Gasteiger partial charge in [-0.15, -0.1) is 0 Å². The Morgan fingerprint density at radius 2 is 1.71 bits per heavy atom. The summed E-state index contributed by atoms with van der Waals surface area (Å²) in [5.74, 6) is -4.99. The van der Waals surface area contributed by atoms with Crippen LogP contribution in [0.4, 0.5) is 27.8 Å². The van der Waals surface area contributed by atoms with Crippen LogP contribution in [0.15, 0.2) is 41.2 Å². The predicted octanol–water partition coefficient (Wildman–Crippen LogP) is 6.40. The highest BCUT2D eigenvalue weighted by molar-refractivity contribution is 7.92. The molecule has 0 unspecified atom stereocenters. The van der Waals surface area contributed by atoms with Gasteiger partial charge in [0.2, 0.25) is 15.9 Å². The van der Waals surface area contributed by atoms with E-state index in [2.05, 4.69) is 19.8 Å². The molecule has 278 valence electrons. The number of fused-ring (bicyclic) bond motifs is 2. The molecule has 0 amide bonds. The largest absolute Gasteiger partial charge is 0.385 e. The van der Waals surface area contributed by atoms with E-state index >= 15 is 4.39 Å². The monoisotopic (exact) mass is 767 g/mol. The van der Waals surface area contributed by atoms with Crippen molar-refractivity contribution in [2.75, 3.05) is 24.7 Å². The smallest absolute Gasteiger partial charge is 0.268 e. The lowest BCUT2D eigenvalue weighted by Gasteiger charge is -2.33. The second-order valence-corrected chi connectivity index (χ2v) is 15.3. The highest BCUT2D eigenvalue weighted by atomic mass is 35.5. The molecule has 1 aliphatic rings. The highest BCUT2D eigenvalue weighted by Crippen LogP contribution is 2.46. The molecule has 18 heteroatoms. The van der Waals surface area contributed by atoms with Crippen molar-refractivity contribution in [3.63, 3.8) is 0 Å². The number of sulfonamides is 1. The summed E-state index contributed by atoms with van der Waals surface area (Å²) in [6.07, 6.45) is -1.22. The molecule has 11 nitrogen and oxygen atoms in total. The van der Waals surface area contributed by atoms with Crippen LogP contribution in [0.2, 0.25) is 5.02 Å². The Kier molecular flexibility index (Phi) is 10.1. The van der Waals surface area contributed by atoms with Crippen molar-refractivity contribution in [1.29, 1.82) is 0 Å². The van der Waals surface area contributed by atoms with Crippen molar-refractivity contribution >= 4 is 49.4 Å². The highest BCUT2D eigenvalue weighted by Gasteiger charge is 2.46. The topological polar surface area (TPSA) is 147 Å². The van der Waals surface area contributed by atoms with Crippen molar-refractivity contribution in [3.05, 3.63) is 86.1 Å². The Hall–Kier alpha value is -4.19. The predicted molar refractivity (Wildman–Crippen MR) is 186 cm³/mol. The summed E-state index contributed by atoms with van der Waals surface area (Å²) in [7, 11) is -2.35. The number of alkyl halides is 3. The molecule has 0 spiro atoms. The van der Waals surface area contributed by atoms with Crippen LogP contribution in [0.5, 0.6) is 0 Å². The number of halogens is 6.